The van der Waals surface area contributed by atoms with E-state index < -0.39 is 0 Å². The molecule has 5 heteroatoms. The highest BCUT2D eigenvalue weighted by Crippen LogP contribution is 2.36. The van der Waals surface area contributed by atoms with Crippen LogP contribution in [0.15, 0.2) is 18.2 Å². The fourth-order valence-electron chi connectivity index (χ4n) is 3.25. The molecule has 1 saturated carbocycles. The molecule has 1 unspecified atom stereocenters. The highest BCUT2D eigenvalue weighted by molar-refractivity contribution is 5.76. The van der Waals surface area contributed by atoms with Crippen LogP contribution >= 0.6 is 0 Å². The van der Waals surface area contributed by atoms with Gasteiger partial charge in [0.05, 0.1) is 23.1 Å². The Hall–Kier alpha value is -1.93. The lowest BCUT2D eigenvalue weighted by molar-refractivity contribution is 0.310. The first-order chi connectivity index (χ1) is 10.1. The van der Waals surface area contributed by atoms with Gasteiger partial charge in [-0.05, 0) is 50.8 Å². The molecule has 2 N–H and O–H groups in total. The van der Waals surface area contributed by atoms with Crippen LogP contribution in [-0.4, -0.2) is 9.55 Å². The first-order valence-corrected chi connectivity index (χ1v) is 7.42. The molecule has 1 fully saturated rings. The molecule has 21 heavy (non-hydrogen) atoms. The Morgan fingerprint density at radius 3 is 2.71 bits per heavy atom. The lowest BCUT2D eigenvalue weighted by Crippen LogP contribution is -2.22. The largest absolute Gasteiger partial charge is 0.323 e. The Labute approximate surface area is 123 Å². The average Bonchev–Trinajstić information content (AvgIpc) is 2.86. The van der Waals surface area contributed by atoms with Gasteiger partial charge in [0.15, 0.2) is 0 Å². The first kappa shape index (κ1) is 14.0. The van der Waals surface area contributed by atoms with Crippen LogP contribution in [0, 0.1) is 23.1 Å². The molecule has 2 aromatic rings. The number of aromatic nitrogens is 2. The summed E-state index contributed by atoms with van der Waals surface area (Å²) >= 11 is 0. The molecule has 0 spiro atoms. The third-order valence-electron chi connectivity index (χ3n) is 4.33. The molecule has 0 aliphatic heterocycles. The van der Waals surface area contributed by atoms with Crippen molar-refractivity contribution in [3.05, 3.63) is 29.8 Å². The minimum Gasteiger partial charge on any atom is -0.323 e. The second-order valence-electron chi connectivity index (χ2n) is 5.90. The van der Waals surface area contributed by atoms with E-state index in [-0.39, 0.29) is 23.8 Å². The number of hydrogen-bond donors (Lipinski definition) is 1. The summed E-state index contributed by atoms with van der Waals surface area (Å²) < 4.78 is 15.7. The maximum absolute atomic E-state index is 13.6. The zero-order chi connectivity index (χ0) is 15.0. The van der Waals surface area contributed by atoms with Crippen molar-refractivity contribution in [3.8, 4) is 6.07 Å². The van der Waals surface area contributed by atoms with Crippen LogP contribution in [0.5, 0.6) is 0 Å². The number of rotatable bonds is 2. The first-order valence-electron chi connectivity index (χ1n) is 7.42. The summed E-state index contributed by atoms with van der Waals surface area (Å²) in [5.41, 5.74) is 7.64. The van der Waals surface area contributed by atoms with Gasteiger partial charge in [0.1, 0.15) is 11.6 Å². The molecule has 0 radical (unpaired) electrons. The smallest absolute Gasteiger partial charge is 0.126 e. The lowest BCUT2D eigenvalue weighted by Gasteiger charge is -2.28. The molecule has 110 valence electrons. The molecular weight excluding hydrogens is 267 g/mol. The van der Waals surface area contributed by atoms with Gasteiger partial charge in [0.2, 0.25) is 0 Å². The van der Waals surface area contributed by atoms with E-state index in [0.29, 0.717) is 0 Å². The summed E-state index contributed by atoms with van der Waals surface area (Å²) in [6.07, 6.45) is 3.60. The number of hydrogen-bond acceptors (Lipinski definition) is 3. The predicted octanol–water partition coefficient (Wildman–Crippen LogP) is 3.45. The summed E-state index contributed by atoms with van der Waals surface area (Å²) in [4.78, 5) is 4.57. The Balaban J connectivity index is 2.05. The number of imidazole rings is 1. The van der Waals surface area contributed by atoms with Gasteiger partial charge in [-0.2, -0.15) is 5.26 Å². The molecule has 1 heterocycles. The molecule has 3 rings (SSSR count). The van der Waals surface area contributed by atoms with E-state index in [0.717, 1.165) is 42.5 Å². The zero-order valence-electron chi connectivity index (χ0n) is 12.1. The standard InChI is InChI=1S/C16H19FN4/c1-10(19)16-20-14-7-4-12(17)8-15(14)21(16)13-5-2-11(9-18)3-6-13/h4,7-8,10-11,13H,2-3,5-6,19H2,1H3. The van der Waals surface area contributed by atoms with Gasteiger partial charge >= 0.3 is 0 Å². The summed E-state index contributed by atoms with van der Waals surface area (Å²) in [6.45, 7) is 1.90. The van der Waals surface area contributed by atoms with Crippen LogP contribution in [0.4, 0.5) is 4.39 Å². The number of nitriles is 1. The van der Waals surface area contributed by atoms with Gasteiger partial charge < -0.3 is 10.3 Å². The number of fused-ring (bicyclic) bond motifs is 1. The van der Waals surface area contributed by atoms with Gasteiger partial charge in [0.25, 0.3) is 0 Å². The van der Waals surface area contributed by atoms with Crippen molar-refractivity contribution >= 4 is 11.0 Å². The van der Waals surface area contributed by atoms with E-state index in [1.807, 2.05) is 6.92 Å². The fraction of sp³-hybridized carbons (Fsp3) is 0.500. The van der Waals surface area contributed by atoms with E-state index >= 15 is 0 Å². The van der Waals surface area contributed by atoms with Gasteiger partial charge in [-0.15, -0.1) is 0 Å². The van der Waals surface area contributed by atoms with Crippen molar-refractivity contribution in [1.82, 2.24) is 9.55 Å². The second kappa shape index (κ2) is 5.45. The fourth-order valence-corrected chi connectivity index (χ4v) is 3.25. The molecule has 1 aromatic carbocycles. The van der Waals surface area contributed by atoms with Crippen molar-refractivity contribution in [2.45, 2.75) is 44.7 Å². The molecule has 1 aliphatic rings. The minimum atomic E-state index is -0.259. The number of nitrogens with two attached hydrogens (primary N) is 1. The van der Waals surface area contributed by atoms with E-state index in [1.54, 1.807) is 6.07 Å². The lowest BCUT2D eigenvalue weighted by atomic mass is 9.86. The molecule has 0 amide bonds. The van der Waals surface area contributed by atoms with Gasteiger partial charge in [-0.25, -0.2) is 9.37 Å². The van der Waals surface area contributed by atoms with Crippen molar-refractivity contribution in [1.29, 1.82) is 5.26 Å². The zero-order valence-corrected chi connectivity index (χ0v) is 12.1. The van der Waals surface area contributed by atoms with Crippen LogP contribution in [0.3, 0.4) is 0 Å². The van der Waals surface area contributed by atoms with E-state index in [1.165, 1.54) is 12.1 Å². The van der Waals surface area contributed by atoms with E-state index in [2.05, 4.69) is 15.6 Å². The Morgan fingerprint density at radius 2 is 2.10 bits per heavy atom. The number of halogens is 1. The Kier molecular flexibility index (Phi) is 3.64. The average molecular weight is 286 g/mol. The third kappa shape index (κ3) is 2.52. The molecule has 1 atom stereocenters. The summed E-state index contributed by atoms with van der Waals surface area (Å²) in [5.74, 6) is 0.688. The molecule has 4 nitrogen and oxygen atoms in total. The molecular formula is C16H19FN4. The van der Waals surface area contributed by atoms with E-state index in [4.69, 9.17) is 11.0 Å². The minimum absolute atomic E-state index is 0.145. The van der Waals surface area contributed by atoms with Crippen molar-refractivity contribution < 1.29 is 4.39 Å². The SMILES string of the molecule is CC(N)c1nc2ccc(F)cc2n1C1CCC(C#N)CC1. The highest BCUT2D eigenvalue weighted by Gasteiger charge is 2.26. The van der Waals surface area contributed by atoms with Crippen LogP contribution in [0.2, 0.25) is 0 Å². The van der Waals surface area contributed by atoms with Crippen LogP contribution in [-0.2, 0) is 0 Å². The molecule has 1 aliphatic carbocycles. The quantitative estimate of drug-likeness (QED) is 0.919. The maximum Gasteiger partial charge on any atom is 0.126 e. The van der Waals surface area contributed by atoms with Gasteiger partial charge in [-0.3, -0.25) is 0 Å². The Bertz CT molecular complexity index is 690. The van der Waals surface area contributed by atoms with Crippen molar-refractivity contribution in [2.75, 3.05) is 0 Å². The van der Waals surface area contributed by atoms with Crippen molar-refractivity contribution in [2.24, 2.45) is 11.7 Å². The third-order valence-corrected chi connectivity index (χ3v) is 4.33. The van der Waals surface area contributed by atoms with Crippen LogP contribution in [0.1, 0.15) is 50.5 Å². The van der Waals surface area contributed by atoms with Gasteiger partial charge in [-0.1, -0.05) is 0 Å². The molecule has 0 bridgehead atoms. The molecule has 0 saturated heterocycles. The predicted molar refractivity (Wildman–Crippen MR) is 78.9 cm³/mol. The van der Waals surface area contributed by atoms with Crippen LogP contribution < -0.4 is 5.73 Å². The second-order valence-corrected chi connectivity index (χ2v) is 5.90. The monoisotopic (exact) mass is 286 g/mol. The normalized spacial score (nSPS) is 23.9. The molecule has 1 aromatic heterocycles. The van der Waals surface area contributed by atoms with E-state index in [9.17, 15) is 4.39 Å². The van der Waals surface area contributed by atoms with Crippen molar-refractivity contribution in [3.63, 3.8) is 0 Å². The summed E-state index contributed by atoms with van der Waals surface area (Å²) in [5, 5.41) is 9.02. The maximum atomic E-state index is 13.6. The highest BCUT2D eigenvalue weighted by atomic mass is 19.1. The summed E-state index contributed by atoms with van der Waals surface area (Å²) in [6, 6.07) is 7.06. The summed E-state index contributed by atoms with van der Waals surface area (Å²) in [7, 11) is 0. The Morgan fingerprint density at radius 1 is 1.38 bits per heavy atom. The number of nitrogens with zero attached hydrogens (tertiary/aromatic N) is 3. The van der Waals surface area contributed by atoms with Crippen LogP contribution in [0.25, 0.3) is 11.0 Å². The topological polar surface area (TPSA) is 67.6 Å². The van der Waals surface area contributed by atoms with Gasteiger partial charge in [0, 0.05) is 12.0 Å². The number of benzene rings is 1.